The van der Waals surface area contributed by atoms with Crippen LogP contribution in [0.4, 0.5) is 17.6 Å². The van der Waals surface area contributed by atoms with E-state index in [0.717, 1.165) is 22.5 Å². The largest absolute Gasteiger partial charge is 0.383 e. The van der Waals surface area contributed by atoms with Gasteiger partial charge >= 0.3 is 10.1 Å². The summed E-state index contributed by atoms with van der Waals surface area (Å²) in [6.45, 7) is 0.198. The van der Waals surface area contributed by atoms with Crippen LogP contribution in [-0.4, -0.2) is 53.3 Å². The monoisotopic (exact) mass is 647 g/mol. The van der Waals surface area contributed by atoms with Gasteiger partial charge in [0.15, 0.2) is 0 Å². The summed E-state index contributed by atoms with van der Waals surface area (Å²) in [7, 11) is -3.75. The molecule has 0 saturated carbocycles. The average Bonchev–Trinajstić information content (AvgIpc) is 3.68. The zero-order valence-corrected chi connectivity index (χ0v) is 24.5. The van der Waals surface area contributed by atoms with E-state index in [-0.39, 0.29) is 17.7 Å². The van der Waals surface area contributed by atoms with E-state index in [9.17, 15) is 30.8 Å². The molecule has 0 unspecified atom stereocenters. The summed E-state index contributed by atoms with van der Waals surface area (Å²) in [6, 6.07) is 5.14. The molecule has 5 rings (SSSR count). The van der Waals surface area contributed by atoms with E-state index in [1.165, 1.54) is 16.2 Å². The summed E-state index contributed by atoms with van der Waals surface area (Å²) < 4.78 is 81.7. The van der Waals surface area contributed by atoms with Crippen molar-refractivity contribution in [3.63, 3.8) is 0 Å². The third kappa shape index (κ3) is 6.73. The molecule has 2 aromatic heterocycles. The van der Waals surface area contributed by atoms with Crippen LogP contribution in [0, 0.1) is 0 Å². The van der Waals surface area contributed by atoms with Crippen LogP contribution in [0.3, 0.4) is 0 Å². The van der Waals surface area contributed by atoms with Gasteiger partial charge in [-0.25, -0.2) is 22.5 Å². The summed E-state index contributed by atoms with van der Waals surface area (Å²) in [5.41, 5.74) is 0.719. The maximum Gasteiger partial charge on any atom is 0.306 e. The number of halogens is 5. The molecule has 1 fully saturated rings. The average molecular weight is 648 g/mol. The maximum absolute atomic E-state index is 13.3. The molecule has 16 heteroatoms. The van der Waals surface area contributed by atoms with Gasteiger partial charge in [0.25, 0.3) is 12.9 Å². The molecular weight excluding hydrogens is 622 g/mol. The minimum Gasteiger partial charge on any atom is -0.383 e. The quantitative estimate of drug-likeness (QED) is 0.235. The highest BCUT2D eigenvalue weighted by atomic mass is 35.5. The smallest absolute Gasteiger partial charge is 0.306 e. The number of benzene rings is 1. The zero-order valence-electron chi connectivity index (χ0n) is 22.1. The van der Waals surface area contributed by atoms with Crippen molar-refractivity contribution in [2.75, 3.05) is 19.3 Å². The first-order valence-electron chi connectivity index (χ1n) is 12.9. The summed E-state index contributed by atoms with van der Waals surface area (Å²) in [4.78, 5) is 19.1. The third-order valence-corrected chi connectivity index (χ3v) is 8.91. The van der Waals surface area contributed by atoms with Gasteiger partial charge in [-0.2, -0.15) is 13.5 Å². The standard InChI is InChI=1S/C26H26ClF4N5O4S2/c1-42(38,39)40-21-4-2-3-16(27)23(21)17-9-15(11-32-17)19-13-41-26(33-19)14-5-7-35(8-6-14)22(37)12-36-20(25(30)31)10-18(34-36)24(28)29/h2-4,10-11,13-14,17,24-25,32H,5-9,12H2,1H3/t17-/m0/s1. The van der Waals surface area contributed by atoms with Gasteiger partial charge in [0, 0.05) is 47.6 Å². The molecule has 2 aliphatic rings. The molecule has 0 bridgehead atoms. The van der Waals surface area contributed by atoms with Crippen LogP contribution < -0.4 is 9.50 Å². The van der Waals surface area contributed by atoms with Crippen molar-refractivity contribution >= 4 is 44.5 Å². The molecule has 226 valence electrons. The summed E-state index contributed by atoms with van der Waals surface area (Å²) in [6.07, 6.45) is -1.55. The van der Waals surface area contributed by atoms with Gasteiger partial charge in [0.2, 0.25) is 5.91 Å². The van der Waals surface area contributed by atoms with Crippen LogP contribution in [0.25, 0.3) is 5.57 Å². The van der Waals surface area contributed by atoms with E-state index >= 15 is 0 Å². The molecule has 1 aromatic carbocycles. The van der Waals surface area contributed by atoms with E-state index in [1.54, 1.807) is 18.2 Å². The first-order chi connectivity index (χ1) is 19.9. The second-order valence-electron chi connectivity index (χ2n) is 10.0. The molecule has 1 amide bonds. The summed E-state index contributed by atoms with van der Waals surface area (Å²) >= 11 is 7.90. The first kappa shape index (κ1) is 30.3. The Hall–Kier alpha value is -3.17. The lowest BCUT2D eigenvalue weighted by Gasteiger charge is -2.31. The Morgan fingerprint density at radius 2 is 1.95 bits per heavy atom. The van der Waals surface area contributed by atoms with Gasteiger partial charge in [-0.1, -0.05) is 17.7 Å². The number of hydrogen-bond acceptors (Lipinski definition) is 8. The van der Waals surface area contributed by atoms with Crippen molar-refractivity contribution in [3.8, 4) is 5.75 Å². The van der Waals surface area contributed by atoms with E-state index < -0.39 is 46.8 Å². The van der Waals surface area contributed by atoms with Crippen molar-refractivity contribution in [1.29, 1.82) is 0 Å². The van der Waals surface area contributed by atoms with Crippen LogP contribution >= 0.6 is 22.9 Å². The number of nitrogens with zero attached hydrogens (tertiary/aromatic N) is 4. The zero-order chi connectivity index (χ0) is 30.2. The van der Waals surface area contributed by atoms with Gasteiger partial charge in [0.05, 0.1) is 23.0 Å². The number of likely N-dealkylation sites (tertiary alicyclic amines) is 1. The molecule has 4 heterocycles. The first-order valence-corrected chi connectivity index (χ1v) is 16.0. The van der Waals surface area contributed by atoms with Crippen molar-refractivity contribution in [1.82, 2.24) is 25.0 Å². The Labute approximate surface area is 248 Å². The van der Waals surface area contributed by atoms with Gasteiger partial charge in [-0.3, -0.25) is 9.48 Å². The van der Waals surface area contributed by atoms with Crippen molar-refractivity contribution in [2.24, 2.45) is 0 Å². The number of aromatic nitrogens is 3. The topological polar surface area (TPSA) is 106 Å². The van der Waals surface area contributed by atoms with Crippen LogP contribution in [0.1, 0.15) is 71.7 Å². The number of thiazole rings is 1. The van der Waals surface area contributed by atoms with E-state index in [4.69, 9.17) is 20.8 Å². The van der Waals surface area contributed by atoms with Gasteiger partial charge in [0.1, 0.15) is 23.7 Å². The van der Waals surface area contributed by atoms with Gasteiger partial charge < -0.3 is 14.4 Å². The number of amides is 1. The van der Waals surface area contributed by atoms with E-state index in [2.05, 4.69) is 10.4 Å². The SMILES string of the molecule is CS(=O)(=O)Oc1cccc(Cl)c1[C@@H]1CC(c2csc(C3CCN(C(=O)Cn4nc(C(F)F)cc4C(F)F)CC3)n2)=CN1. The third-order valence-electron chi connectivity index (χ3n) is 7.10. The second kappa shape index (κ2) is 12.2. The fourth-order valence-corrected chi connectivity index (χ4v) is 6.87. The molecule has 0 radical (unpaired) electrons. The number of carbonyl (C=O) groups excluding carboxylic acids is 1. The van der Waals surface area contributed by atoms with Crippen LogP contribution in [0.5, 0.6) is 5.75 Å². The molecule has 42 heavy (non-hydrogen) atoms. The Bertz CT molecular complexity index is 1600. The molecule has 1 N–H and O–H groups in total. The number of nitrogens with one attached hydrogen (secondary N) is 1. The van der Waals surface area contributed by atoms with Crippen molar-refractivity contribution in [3.05, 3.63) is 68.5 Å². The summed E-state index contributed by atoms with van der Waals surface area (Å²) in [5, 5.41) is 9.94. The lowest BCUT2D eigenvalue weighted by Crippen LogP contribution is -2.40. The second-order valence-corrected chi connectivity index (χ2v) is 12.9. The van der Waals surface area contributed by atoms with Crippen molar-refractivity contribution in [2.45, 2.75) is 50.6 Å². The Morgan fingerprint density at radius 1 is 1.21 bits per heavy atom. The normalized spacial score (nSPS) is 18.0. The number of rotatable bonds is 9. The van der Waals surface area contributed by atoms with Crippen molar-refractivity contribution < 1.29 is 35.0 Å². The van der Waals surface area contributed by atoms with Gasteiger partial charge in [-0.05, 0) is 36.6 Å². The minimum absolute atomic E-state index is 0.0867. The van der Waals surface area contributed by atoms with Crippen LogP contribution in [0.15, 0.2) is 35.8 Å². The lowest BCUT2D eigenvalue weighted by molar-refractivity contribution is -0.133. The highest BCUT2D eigenvalue weighted by Gasteiger charge is 2.30. The molecule has 2 aliphatic heterocycles. The predicted molar refractivity (Wildman–Crippen MR) is 148 cm³/mol. The molecule has 3 aromatic rings. The van der Waals surface area contributed by atoms with E-state index in [1.807, 2.05) is 11.6 Å². The number of hydrogen-bond donors (Lipinski definition) is 1. The maximum atomic E-state index is 13.3. The highest BCUT2D eigenvalue weighted by Crippen LogP contribution is 2.41. The Balaban J connectivity index is 1.19. The molecule has 0 aliphatic carbocycles. The fraction of sp³-hybridized carbons (Fsp3) is 0.423. The highest BCUT2D eigenvalue weighted by molar-refractivity contribution is 7.86. The number of alkyl halides is 4. The Kier molecular flexibility index (Phi) is 8.81. The predicted octanol–water partition coefficient (Wildman–Crippen LogP) is 5.69. The molecule has 9 nitrogen and oxygen atoms in total. The van der Waals surface area contributed by atoms with Crippen LogP contribution in [0.2, 0.25) is 5.02 Å². The lowest BCUT2D eigenvalue weighted by atomic mass is 9.97. The molecule has 1 atom stereocenters. The molecule has 1 saturated heterocycles. The summed E-state index contributed by atoms with van der Waals surface area (Å²) in [5.74, 6) is -0.223. The van der Waals surface area contributed by atoms with Gasteiger partial charge in [-0.15, -0.1) is 11.3 Å². The molecule has 0 spiro atoms. The number of piperidine rings is 1. The fourth-order valence-electron chi connectivity index (χ4n) is 5.08. The minimum atomic E-state index is -3.75. The van der Waals surface area contributed by atoms with E-state index in [0.29, 0.717) is 53.7 Å². The number of carbonyl (C=O) groups is 1. The molecular formula is C26H26ClF4N5O4S2. The Morgan fingerprint density at radius 3 is 2.62 bits per heavy atom. The van der Waals surface area contributed by atoms with Crippen LogP contribution in [-0.2, 0) is 21.5 Å².